The minimum atomic E-state index is -0.600. The highest BCUT2D eigenvalue weighted by atomic mass is 35.5. The molecule has 0 spiro atoms. The molecule has 1 aromatic carbocycles. The van der Waals surface area contributed by atoms with Crippen LogP contribution in [0.2, 0.25) is 5.02 Å². The number of piperazine rings is 1. The molecule has 1 heterocycles. The second-order valence-corrected chi connectivity index (χ2v) is 6.33. The van der Waals surface area contributed by atoms with Gasteiger partial charge in [0.25, 0.3) is 0 Å². The van der Waals surface area contributed by atoms with Gasteiger partial charge in [-0.3, -0.25) is 9.69 Å². The molecule has 1 saturated heterocycles. The third-order valence-electron chi connectivity index (χ3n) is 4.32. The van der Waals surface area contributed by atoms with Crippen molar-refractivity contribution in [1.82, 2.24) is 9.80 Å². The quantitative estimate of drug-likeness (QED) is 0.871. The fourth-order valence-corrected chi connectivity index (χ4v) is 2.90. The minimum Gasteiger partial charge on any atom is -0.339 e. The van der Waals surface area contributed by atoms with Crippen molar-refractivity contribution in [1.29, 1.82) is 0 Å². The zero-order valence-electron chi connectivity index (χ0n) is 12.6. The first-order chi connectivity index (χ1) is 9.99. The van der Waals surface area contributed by atoms with E-state index in [1.54, 1.807) is 12.1 Å². The minimum absolute atomic E-state index is 0. The van der Waals surface area contributed by atoms with Gasteiger partial charge >= 0.3 is 0 Å². The van der Waals surface area contributed by atoms with E-state index in [1.165, 1.54) is 6.07 Å². The van der Waals surface area contributed by atoms with E-state index >= 15 is 0 Å². The Kier molecular flexibility index (Phi) is 7.11. The topological polar surface area (TPSA) is 49.6 Å². The molecular weight excluding hydrogens is 364 g/mol. The smallest absolute Gasteiger partial charge is 0.242 e. The lowest BCUT2D eigenvalue weighted by Gasteiger charge is -2.36. The third-order valence-corrected chi connectivity index (χ3v) is 4.67. The maximum atomic E-state index is 13.8. The lowest BCUT2D eigenvalue weighted by molar-refractivity contribution is -0.135. The van der Waals surface area contributed by atoms with Crippen LogP contribution in [-0.4, -0.2) is 47.4 Å². The summed E-state index contributed by atoms with van der Waals surface area (Å²) in [7, 11) is 0. The highest BCUT2D eigenvalue weighted by molar-refractivity contribution is 6.31. The van der Waals surface area contributed by atoms with Gasteiger partial charge in [-0.25, -0.2) is 4.39 Å². The molecule has 130 valence electrons. The summed E-state index contributed by atoms with van der Waals surface area (Å²) in [6.07, 6.45) is 1.58. The Morgan fingerprint density at radius 1 is 1.22 bits per heavy atom. The molecule has 2 aliphatic rings. The van der Waals surface area contributed by atoms with E-state index in [9.17, 15) is 9.18 Å². The second kappa shape index (κ2) is 7.99. The van der Waals surface area contributed by atoms with Crippen molar-refractivity contribution in [3.63, 3.8) is 0 Å². The van der Waals surface area contributed by atoms with Crippen molar-refractivity contribution in [2.24, 2.45) is 5.73 Å². The molecule has 8 heteroatoms. The van der Waals surface area contributed by atoms with Gasteiger partial charge in [0.15, 0.2) is 0 Å². The molecule has 2 N–H and O–H groups in total. The molecule has 0 aromatic heterocycles. The largest absolute Gasteiger partial charge is 0.339 e. The number of nitrogens with two attached hydrogens (primary N) is 1. The standard InChI is InChI=1S/C15H19ClFN3O.2ClH/c16-12-2-1-3-13(17)11(12)10-19-6-8-20(9-7-19)14(21)15(18)4-5-15;;/h1-3H,4-10,18H2;2*1H. The number of rotatable bonds is 3. The highest BCUT2D eigenvalue weighted by Crippen LogP contribution is 2.34. The molecule has 23 heavy (non-hydrogen) atoms. The summed E-state index contributed by atoms with van der Waals surface area (Å²) < 4.78 is 13.8. The van der Waals surface area contributed by atoms with Crippen LogP contribution in [0.3, 0.4) is 0 Å². The van der Waals surface area contributed by atoms with E-state index in [2.05, 4.69) is 4.90 Å². The molecule has 1 aromatic rings. The molecule has 3 rings (SSSR count). The lowest BCUT2D eigenvalue weighted by atomic mass is 10.1. The van der Waals surface area contributed by atoms with Crippen LogP contribution < -0.4 is 5.73 Å². The van der Waals surface area contributed by atoms with Crippen molar-refractivity contribution in [3.05, 3.63) is 34.6 Å². The number of hydrogen-bond acceptors (Lipinski definition) is 3. The van der Waals surface area contributed by atoms with Gasteiger partial charge in [-0.2, -0.15) is 0 Å². The first kappa shape index (κ1) is 20.5. The van der Waals surface area contributed by atoms with E-state index in [1.807, 2.05) is 4.90 Å². The number of nitrogens with zero attached hydrogens (tertiary/aromatic N) is 2. The van der Waals surface area contributed by atoms with Crippen LogP contribution in [0.1, 0.15) is 18.4 Å². The Bertz CT molecular complexity index is 541. The second-order valence-electron chi connectivity index (χ2n) is 5.92. The number of carbonyl (C=O) groups is 1. The molecule has 1 amide bonds. The number of benzene rings is 1. The van der Waals surface area contributed by atoms with Gasteiger partial charge < -0.3 is 10.6 Å². The molecule has 0 radical (unpaired) electrons. The Balaban J connectivity index is 0.00000132. The summed E-state index contributed by atoms with van der Waals surface area (Å²) in [6.45, 7) is 3.19. The van der Waals surface area contributed by atoms with E-state index < -0.39 is 5.54 Å². The van der Waals surface area contributed by atoms with Crippen LogP contribution in [-0.2, 0) is 11.3 Å². The SMILES string of the molecule is Cl.Cl.NC1(C(=O)N2CCN(Cc3c(F)cccc3Cl)CC2)CC1. The first-order valence-corrected chi connectivity index (χ1v) is 7.61. The number of amides is 1. The van der Waals surface area contributed by atoms with Crippen LogP contribution in [0, 0.1) is 5.82 Å². The summed E-state index contributed by atoms with van der Waals surface area (Å²) in [4.78, 5) is 16.1. The van der Waals surface area contributed by atoms with E-state index in [0.29, 0.717) is 43.3 Å². The Morgan fingerprint density at radius 3 is 2.35 bits per heavy atom. The molecule has 4 nitrogen and oxygen atoms in total. The van der Waals surface area contributed by atoms with Crippen molar-refractivity contribution in [3.8, 4) is 0 Å². The maximum Gasteiger partial charge on any atom is 0.242 e. The van der Waals surface area contributed by atoms with Gasteiger partial charge in [0.05, 0.1) is 5.54 Å². The molecule has 0 atom stereocenters. The maximum absolute atomic E-state index is 13.8. The van der Waals surface area contributed by atoms with E-state index in [4.69, 9.17) is 17.3 Å². The average molecular weight is 385 g/mol. The average Bonchev–Trinajstić information content (AvgIpc) is 3.22. The van der Waals surface area contributed by atoms with Crippen molar-refractivity contribution < 1.29 is 9.18 Å². The molecular formula is C15H21Cl3FN3O. The third kappa shape index (κ3) is 4.48. The van der Waals surface area contributed by atoms with Gasteiger partial charge in [0.1, 0.15) is 5.82 Å². The summed E-state index contributed by atoms with van der Waals surface area (Å²) >= 11 is 6.05. The van der Waals surface area contributed by atoms with Crippen LogP contribution in [0.4, 0.5) is 4.39 Å². The van der Waals surface area contributed by atoms with Crippen molar-refractivity contribution in [2.75, 3.05) is 26.2 Å². The van der Waals surface area contributed by atoms with Crippen LogP contribution >= 0.6 is 36.4 Å². The number of halogens is 4. The summed E-state index contributed by atoms with van der Waals surface area (Å²) in [6, 6.07) is 4.73. The molecule has 0 unspecified atom stereocenters. The Labute approximate surface area is 153 Å². The van der Waals surface area contributed by atoms with Crippen molar-refractivity contribution in [2.45, 2.75) is 24.9 Å². The monoisotopic (exact) mass is 383 g/mol. The van der Waals surface area contributed by atoms with Crippen LogP contribution in [0.5, 0.6) is 0 Å². The zero-order chi connectivity index (χ0) is 15.0. The van der Waals surface area contributed by atoms with E-state index in [0.717, 1.165) is 12.8 Å². The molecule has 1 saturated carbocycles. The van der Waals surface area contributed by atoms with Gasteiger partial charge in [0.2, 0.25) is 5.91 Å². The predicted octanol–water partition coefficient (Wildman–Crippen LogP) is 2.46. The number of hydrogen-bond donors (Lipinski definition) is 1. The van der Waals surface area contributed by atoms with Gasteiger partial charge in [-0.05, 0) is 25.0 Å². The van der Waals surface area contributed by atoms with E-state index in [-0.39, 0.29) is 36.5 Å². The predicted molar refractivity (Wildman–Crippen MR) is 93.9 cm³/mol. The fourth-order valence-electron chi connectivity index (χ4n) is 2.68. The zero-order valence-corrected chi connectivity index (χ0v) is 15.0. The lowest BCUT2D eigenvalue weighted by Crippen LogP contribution is -2.53. The van der Waals surface area contributed by atoms with Crippen LogP contribution in [0.15, 0.2) is 18.2 Å². The normalized spacial score (nSPS) is 19.5. The van der Waals surface area contributed by atoms with Crippen LogP contribution in [0.25, 0.3) is 0 Å². The summed E-state index contributed by atoms with van der Waals surface area (Å²) in [5, 5.41) is 0.451. The Hall–Kier alpha value is -0.590. The van der Waals surface area contributed by atoms with Gasteiger partial charge in [-0.1, -0.05) is 17.7 Å². The Morgan fingerprint density at radius 2 is 1.83 bits per heavy atom. The molecule has 1 aliphatic heterocycles. The first-order valence-electron chi connectivity index (χ1n) is 7.23. The summed E-state index contributed by atoms with van der Waals surface area (Å²) in [5.41, 5.74) is 5.87. The number of carbonyl (C=O) groups excluding carboxylic acids is 1. The molecule has 1 aliphatic carbocycles. The fraction of sp³-hybridized carbons (Fsp3) is 0.533. The van der Waals surface area contributed by atoms with Gasteiger partial charge in [-0.15, -0.1) is 24.8 Å². The summed E-state index contributed by atoms with van der Waals surface area (Å²) in [5.74, 6) is -0.217. The van der Waals surface area contributed by atoms with Gasteiger partial charge in [0, 0.05) is 43.3 Å². The van der Waals surface area contributed by atoms with Crippen molar-refractivity contribution >= 4 is 42.3 Å². The molecule has 2 fully saturated rings. The highest BCUT2D eigenvalue weighted by Gasteiger charge is 2.48. The molecule has 0 bridgehead atoms.